The minimum absolute atomic E-state index is 0.286. The first-order valence-electron chi connectivity index (χ1n) is 4.95. The van der Waals surface area contributed by atoms with Gasteiger partial charge < -0.3 is 4.74 Å². The number of rotatable bonds is 0. The summed E-state index contributed by atoms with van der Waals surface area (Å²) in [6, 6.07) is -0.778. The van der Waals surface area contributed by atoms with Crippen molar-refractivity contribution >= 4 is 6.09 Å². The van der Waals surface area contributed by atoms with Gasteiger partial charge in [-0.3, -0.25) is 4.90 Å². The Morgan fingerprint density at radius 1 is 1.60 bits per heavy atom. The predicted octanol–water partition coefficient (Wildman–Crippen LogP) is 1.97. The molecule has 1 rings (SSSR count). The zero-order valence-corrected chi connectivity index (χ0v) is 9.29. The zero-order valence-electron chi connectivity index (χ0n) is 9.29. The van der Waals surface area contributed by atoms with Crippen LogP contribution in [0.1, 0.15) is 27.2 Å². The Bertz CT molecular complexity index is 290. The maximum atomic E-state index is 13.2. The molecule has 1 aliphatic rings. The summed E-state index contributed by atoms with van der Waals surface area (Å²) >= 11 is 0. The van der Waals surface area contributed by atoms with Crippen LogP contribution in [-0.4, -0.2) is 35.4 Å². The van der Waals surface area contributed by atoms with Gasteiger partial charge in [-0.2, -0.15) is 0 Å². The summed E-state index contributed by atoms with van der Waals surface area (Å²) in [5.74, 6) is 2.28. The van der Waals surface area contributed by atoms with Gasteiger partial charge in [-0.05, 0) is 27.2 Å². The second-order valence-corrected chi connectivity index (χ2v) is 4.59. The number of hydrogen-bond acceptors (Lipinski definition) is 2. The van der Waals surface area contributed by atoms with Gasteiger partial charge in [0.2, 0.25) is 0 Å². The first-order valence-corrected chi connectivity index (χ1v) is 4.95. The van der Waals surface area contributed by atoms with E-state index in [1.54, 1.807) is 20.8 Å². The van der Waals surface area contributed by atoms with Crippen molar-refractivity contribution in [2.45, 2.75) is 45.0 Å². The molecule has 2 atom stereocenters. The van der Waals surface area contributed by atoms with Crippen molar-refractivity contribution in [3.05, 3.63) is 0 Å². The van der Waals surface area contributed by atoms with Crippen LogP contribution < -0.4 is 0 Å². The Hall–Kier alpha value is -1.24. The van der Waals surface area contributed by atoms with E-state index < -0.39 is 23.9 Å². The first kappa shape index (κ1) is 11.8. The fourth-order valence-electron chi connectivity index (χ4n) is 1.47. The van der Waals surface area contributed by atoms with Gasteiger partial charge >= 0.3 is 6.09 Å². The van der Waals surface area contributed by atoms with Crippen LogP contribution in [0.2, 0.25) is 0 Å². The lowest BCUT2D eigenvalue weighted by Gasteiger charge is -2.26. The maximum absolute atomic E-state index is 13.2. The maximum Gasteiger partial charge on any atom is 0.411 e. The summed E-state index contributed by atoms with van der Waals surface area (Å²) in [6.45, 7) is 5.61. The number of nitrogens with zero attached hydrogens (tertiary/aromatic N) is 1. The highest BCUT2D eigenvalue weighted by Crippen LogP contribution is 2.22. The quantitative estimate of drug-likeness (QED) is 0.576. The average Bonchev–Trinajstić information content (AvgIpc) is 2.43. The fourth-order valence-corrected chi connectivity index (χ4v) is 1.47. The van der Waals surface area contributed by atoms with E-state index in [4.69, 9.17) is 11.2 Å². The summed E-state index contributed by atoms with van der Waals surface area (Å²) in [6.07, 6.45) is 3.79. The monoisotopic (exact) mass is 213 g/mol. The zero-order chi connectivity index (χ0) is 11.6. The van der Waals surface area contributed by atoms with Gasteiger partial charge in [-0.1, -0.05) is 5.92 Å². The molecule has 84 valence electrons. The molecular formula is C11H16FNO2. The van der Waals surface area contributed by atoms with E-state index in [2.05, 4.69) is 5.92 Å². The first-order chi connectivity index (χ1) is 6.85. The molecule has 3 nitrogen and oxygen atoms in total. The summed E-state index contributed by atoms with van der Waals surface area (Å²) in [7, 11) is 0. The minimum atomic E-state index is -1.14. The number of amides is 1. The van der Waals surface area contributed by atoms with E-state index in [1.807, 2.05) is 0 Å². The summed E-state index contributed by atoms with van der Waals surface area (Å²) in [5.41, 5.74) is -0.579. The van der Waals surface area contributed by atoms with Crippen LogP contribution in [-0.2, 0) is 4.74 Å². The highest BCUT2D eigenvalue weighted by atomic mass is 19.1. The molecule has 1 aliphatic heterocycles. The second kappa shape index (κ2) is 4.09. The van der Waals surface area contributed by atoms with Gasteiger partial charge in [-0.15, -0.1) is 6.42 Å². The number of carbonyl (C=O) groups excluding carboxylic acids is 1. The van der Waals surface area contributed by atoms with Crippen LogP contribution in [0.5, 0.6) is 0 Å². The minimum Gasteiger partial charge on any atom is -0.444 e. The molecular weight excluding hydrogens is 197 g/mol. The normalized spacial score (nSPS) is 26.2. The molecule has 0 N–H and O–H groups in total. The van der Waals surface area contributed by atoms with Gasteiger partial charge in [0.25, 0.3) is 0 Å². The Balaban J connectivity index is 2.65. The Kier molecular flexibility index (Phi) is 3.23. The second-order valence-electron chi connectivity index (χ2n) is 4.59. The topological polar surface area (TPSA) is 29.5 Å². The van der Waals surface area contributed by atoms with Crippen molar-refractivity contribution in [2.24, 2.45) is 0 Å². The van der Waals surface area contributed by atoms with E-state index in [0.717, 1.165) is 0 Å². The molecule has 1 heterocycles. The number of carbonyl (C=O) groups is 1. The van der Waals surface area contributed by atoms with Gasteiger partial charge in [0.05, 0.1) is 0 Å². The van der Waals surface area contributed by atoms with Crippen molar-refractivity contribution in [1.29, 1.82) is 0 Å². The van der Waals surface area contributed by atoms with E-state index in [-0.39, 0.29) is 6.42 Å². The molecule has 0 aromatic heterocycles. The van der Waals surface area contributed by atoms with Crippen LogP contribution in [0.25, 0.3) is 0 Å². The molecule has 0 spiro atoms. The molecule has 1 amide bonds. The number of terminal acetylenes is 1. The molecule has 2 unspecified atom stereocenters. The largest absolute Gasteiger partial charge is 0.444 e. The van der Waals surface area contributed by atoms with Crippen molar-refractivity contribution in [1.82, 2.24) is 4.90 Å². The third-order valence-electron chi connectivity index (χ3n) is 2.12. The van der Waals surface area contributed by atoms with Crippen LogP contribution in [0.3, 0.4) is 0 Å². The highest BCUT2D eigenvalue weighted by Gasteiger charge is 2.38. The average molecular weight is 213 g/mol. The van der Waals surface area contributed by atoms with E-state index in [0.29, 0.717) is 6.54 Å². The van der Waals surface area contributed by atoms with Crippen LogP contribution in [0.4, 0.5) is 9.18 Å². The van der Waals surface area contributed by atoms with E-state index in [9.17, 15) is 9.18 Å². The number of halogens is 1. The van der Waals surface area contributed by atoms with Gasteiger partial charge in [0.15, 0.2) is 0 Å². The van der Waals surface area contributed by atoms with Crippen LogP contribution in [0, 0.1) is 12.3 Å². The molecule has 1 saturated heterocycles. The summed E-state index contributed by atoms with van der Waals surface area (Å²) in [4.78, 5) is 12.9. The third-order valence-corrected chi connectivity index (χ3v) is 2.12. The molecule has 15 heavy (non-hydrogen) atoms. The smallest absolute Gasteiger partial charge is 0.411 e. The summed E-state index contributed by atoms with van der Waals surface area (Å²) in [5, 5.41) is 0. The van der Waals surface area contributed by atoms with Crippen molar-refractivity contribution in [3.8, 4) is 12.3 Å². The van der Waals surface area contributed by atoms with Gasteiger partial charge in [0.1, 0.15) is 17.8 Å². The lowest BCUT2D eigenvalue weighted by atomic mass is 10.2. The van der Waals surface area contributed by atoms with Crippen molar-refractivity contribution in [3.63, 3.8) is 0 Å². The van der Waals surface area contributed by atoms with E-state index in [1.165, 1.54) is 4.90 Å². The Morgan fingerprint density at radius 3 is 2.67 bits per heavy atom. The standard InChI is InChI=1S/C11H16FNO2/c1-5-9-8(12)6-7-13(9)10(14)15-11(2,3)4/h1,8-9H,6-7H2,2-4H3. The summed E-state index contributed by atoms with van der Waals surface area (Å²) < 4.78 is 18.4. The Morgan fingerprint density at radius 2 is 2.20 bits per heavy atom. The molecule has 0 saturated carbocycles. The molecule has 1 fully saturated rings. The predicted molar refractivity (Wildman–Crippen MR) is 55.1 cm³/mol. The molecule has 0 aromatic carbocycles. The number of likely N-dealkylation sites (tertiary alicyclic amines) is 1. The number of alkyl halides is 1. The van der Waals surface area contributed by atoms with Gasteiger partial charge in [0, 0.05) is 6.54 Å². The van der Waals surface area contributed by atoms with Crippen LogP contribution >= 0.6 is 0 Å². The highest BCUT2D eigenvalue weighted by molar-refractivity contribution is 5.69. The van der Waals surface area contributed by atoms with E-state index >= 15 is 0 Å². The molecule has 0 radical (unpaired) electrons. The van der Waals surface area contributed by atoms with Crippen LogP contribution in [0.15, 0.2) is 0 Å². The molecule has 4 heteroatoms. The number of ether oxygens (including phenoxy) is 1. The molecule has 0 aliphatic carbocycles. The van der Waals surface area contributed by atoms with Crippen molar-refractivity contribution < 1.29 is 13.9 Å². The molecule has 0 bridgehead atoms. The third kappa shape index (κ3) is 2.85. The SMILES string of the molecule is C#CC1C(F)CCN1C(=O)OC(C)(C)C. The Labute approximate surface area is 89.6 Å². The molecule has 0 aromatic rings. The lowest BCUT2D eigenvalue weighted by molar-refractivity contribution is 0.0242. The van der Waals surface area contributed by atoms with Gasteiger partial charge in [-0.25, -0.2) is 9.18 Å². The lowest BCUT2D eigenvalue weighted by Crippen LogP contribution is -2.41. The number of hydrogen-bond donors (Lipinski definition) is 0. The van der Waals surface area contributed by atoms with Crippen molar-refractivity contribution in [2.75, 3.05) is 6.54 Å². The fraction of sp³-hybridized carbons (Fsp3) is 0.727.